The van der Waals surface area contributed by atoms with Crippen LogP contribution in [-0.2, 0) is 13.2 Å². The van der Waals surface area contributed by atoms with Crippen molar-refractivity contribution < 1.29 is 22.8 Å². The van der Waals surface area contributed by atoms with Crippen molar-refractivity contribution in [3.8, 4) is 0 Å². The summed E-state index contributed by atoms with van der Waals surface area (Å²) in [6, 6.07) is 0.832. The molecule has 0 aliphatic heterocycles. The molecular weight excluding hydrogens is 447 g/mol. The molecule has 3 aromatic heterocycles. The van der Waals surface area contributed by atoms with Crippen LogP contribution in [-0.4, -0.2) is 43.2 Å². The zero-order valence-electron chi connectivity index (χ0n) is 14.7. The molecule has 148 valence electrons. The maximum Gasteiger partial charge on any atom is 0.433 e. The van der Waals surface area contributed by atoms with E-state index in [0.717, 1.165) is 6.07 Å². The van der Waals surface area contributed by atoms with Crippen LogP contribution in [0, 0.1) is 6.92 Å². The molecule has 0 aromatic carbocycles. The molecule has 3 rings (SSSR count). The Hall–Kier alpha value is -2.96. The highest BCUT2D eigenvalue weighted by atomic mass is 79.9. The van der Waals surface area contributed by atoms with E-state index in [0.29, 0.717) is 4.52 Å². The molecule has 2 amide bonds. The normalized spacial score (nSPS) is 11.7. The third kappa shape index (κ3) is 3.44. The number of aryl methyl sites for hydroxylation is 2. The summed E-state index contributed by atoms with van der Waals surface area (Å²) in [6.07, 6.45) is -3.31. The molecule has 0 aliphatic carbocycles. The summed E-state index contributed by atoms with van der Waals surface area (Å²) in [7, 11) is 2.94. The van der Waals surface area contributed by atoms with E-state index in [1.54, 1.807) is 7.05 Å². The highest BCUT2D eigenvalue weighted by Gasteiger charge is 2.36. The van der Waals surface area contributed by atoms with Gasteiger partial charge in [-0.3, -0.25) is 14.3 Å². The van der Waals surface area contributed by atoms with Gasteiger partial charge < -0.3 is 10.6 Å². The molecule has 13 heteroatoms. The van der Waals surface area contributed by atoms with E-state index in [-0.39, 0.29) is 32.9 Å². The first-order valence-electron chi connectivity index (χ1n) is 7.73. The van der Waals surface area contributed by atoms with Crippen LogP contribution >= 0.6 is 15.9 Å². The van der Waals surface area contributed by atoms with E-state index < -0.39 is 23.7 Å². The van der Waals surface area contributed by atoms with Gasteiger partial charge in [-0.1, -0.05) is 0 Å². The quantitative estimate of drug-likeness (QED) is 0.624. The molecule has 0 saturated carbocycles. The molecule has 0 bridgehead atoms. The van der Waals surface area contributed by atoms with Crippen molar-refractivity contribution in [2.75, 3.05) is 12.4 Å². The van der Waals surface area contributed by atoms with Gasteiger partial charge in [-0.05, 0) is 28.9 Å². The Morgan fingerprint density at radius 1 is 1.18 bits per heavy atom. The lowest BCUT2D eigenvalue weighted by Gasteiger charge is -2.09. The molecule has 3 aromatic rings. The van der Waals surface area contributed by atoms with Crippen molar-refractivity contribution in [2.24, 2.45) is 7.05 Å². The Bertz CT molecular complexity index is 1100. The summed E-state index contributed by atoms with van der Waals surface area (Å²) < 4.78 is 41.8. The van der Waals surface area contributed by atoms with E-state index >= 15 is 0 Å². The van der Waals surface area contributed by atoms with E-state index in [1.807, 2.05) is 0 Å². The number of hydrogen-bond acceptors (Lipinski definition) is 5. The average molecular weight is 460 g/mol. The highest BCUT2D eigenvalue weighted by molar-refractivity contribution is 9.10. The standard InChI is InChI=1S/C15H13BrF3N7O2/c1-6-4-8(15(17,18)19)26-12(21-6)9(16)11(24-26)14(28)22-7-5-25(3)23-10(7)13(27)20-2/h4-5H,1-3H3,(H,20,27)(H,22,28). The smallest absolute Gasteiger partial charge is 0.354 e. The summed E-state index contributed by atoms with van der Waals surface area (Å²) in [5, 5.41) is 12.5. The second kappa shape index (κ2) is 6.89. The van der Waals surface area contributed by atoms with E-state index in [2.05, 4.69) is 41.7 Å². The minimum atomic E-state index is -4.69. The van der Waals surface area contributed by atoms with Crippen molar-refractivity contribution in [3.05, 3.63) is 39.5 Å². The van der Waals surface area contributed by atoms with Gasteiger partial charge in [0.2, 0.25) is 0 Å². The fourth-order valence-electron chi connectivity index (χ4n) is 2.51. The number of amides is 2. The second-order valence-corrected chi connectivity index (χ2v) is 6.57. The molecule has 0 saturated heterocycles. The first-order valence-corrected chi connectivity index (χ1v) is 8.52. The van der Waals surface area contributed by atoms with Crippen LogP contribution in [0.5, 0.6) is 0 Å². The predicted octanol–water partition coefficient (Wildman–Crippen LogP) is 2.16. The molecule has 9 nitrogen and oxygen atoms in total. The maximum atomic E-state index is 13.3. The summed E-state index contributed by atoms with van der Waals surface area (Å²) in [5.41, 5.74) is -1.41. The molecule has 0 fully saturated rings. The number of anilines is 1. The van der Waals surface area contributed by atoms with Gasteiger partial charge in [0.1, 0.15) is 5.69 Å². The van der Waals surface area contributed by atoms with Crippen LogP contribution < -0.4 is 10.6 Å². The Morgan fingerprint density at radius 3 is 2.46 bits per heavy atom. The third-order valence-electron chi connectivity index (χ3n) is 3.69. The number of aromatic nitrogens is 5. The van der Waals surface area contributed by atoms with Crippen LogP contribution in [0.25, 0.3) is 5.65 Å². The molecule has 0 atom stereocenters. The predicted molar refractivity (Wildman–Crippen MR) is 95.0 cm³/mol. The number of carbonyl (C=O) groups excluding carboxylic acids is 2. The van der Waals surface area contributed by atoms with Crippen molar-refractivity contribution in [1.29, 1.82) is 0 Å². The Morgan fingerprint density at radius 2 is 1.86 bits per heavy atom. The van der Waals surface area contributed by atoms with E-state index in [9.17, 15) is 22.8 Å². The fourth-order valence-corrected chi connectivity index (χ4v) is 3.02. The lowest BCUT2D eigenvalue weighted by molar-refractivity contribution is -0.142. The number of nitrogens with one attached hydrogen (secondary N) is 2. The number of rotatable bonds is 3. The van der Waals surface area contributed by atoms with E-state index in [1.165, 1.54) is 24.9 Å². The topological polar surface area (TPSA) is 106 Å². The van der Waals surface area contributed by atoms with Gasteiger partial charge in [0, 0.05) is 26.0 Å². The molecule has 0 radical (unpaired) electrons. The lowest BCUT2D eigenvalue weighted by Crippen LogP contribution is -2.22. The average Bonchev–Trinajstić information content (AvgIpc) is 3.13. The number of nitrogens with zero attached hydrogens (tertiary/aromatic N) is 5. The van der Waals surface area contributed by atoms with Crippen molar-refractivity contribution in [1.82, 2.24) is 29.7 Å². The van der Waals surface area contributed by atoms with Crippen molar-refractivity contribution in [2.45, 2.75) is 13.1 Å². The fraction of sp³-hybridized carbons (Fsp3) is 0.267. The van der Waals surface area contributed by atoms with Crippen LogP contribution in [0.1, 0.15) is 32.4 Å². The summed E-state index contributed by atoms with van der Waals surface area (Å²) in [6.45, 7) is 1.40. The van der Waals surface area contributed by atoms with Crippen LogP contribution in [0.15, 0.2) is 16.7 Å². The zero-order valence-corrected chi connectivity index (χ0v) is 16.3. The number of carbonyl (C=O) groups is 2. The first kappa shape index (κ1) is 19.8. The molecule has 28 heavy (non-hydrogen) atoms. The van der Waals surface area contributed by atoms with Gasteiger partial charge in [-0.25, -0.2) is 9.50 Å². The monoisotopic (exact) mass is 459 g/mol. The third-order valence-corrected chi connectivity index (χ3v) is 4.42. The van der Waals surface area contributed by atoms with Crippen molar-refractivity contribution in [3.63, 3.8) is 0 Å². The Labute approximate surface area is 164 Å². The van der Waals surface area contributed by atoms with Gasteiger partial charge in [0.25, 0.3) is 11.8 Å². The number of alkyl halides is 3. The molecular formula is C15H13BrF3N7O2. The maximum absolute atomic E-state index is 13.3. The zero-order chi connectivity index (χ0) is 20.8. The summed E-state index contributed by atoms with van der Waals surface area (Å²) in [5.74, 6) is -1.37. The van der Waals surface area contributed by atoms with Gasteiger partial charge >= 0.3 is 6.18 Å². The minimum Gasteiger partial charge on any atom is -0.354 e. The lowest BCUT2D eigenvalue weighted by atomic mass is 10.3. The SMILES string of the molecule is CNC(=O)c1nn(C)cc1NC(=O)c1nn2c(C(F)(F)F)cc(C)nc2c1Br. The number of fused-ring (bicyclic) bond motifs is 1. The second-order valence-electron chi connectivity index (χ2n) is 5.78. The number of halogens is 4. The Kier molecular flexibility index (Phi) is 4.87. The van der Waals surface area contributed by atoms with Gasteiger partial charge in [-0.2, -0.15) is 23.4 Å². The van der Waals surface area contributed by atoms with Crippen LogP contribution in [0.4, 0.5) is 18.9 Å². The van der Waals surface area contributed by atoms with Crippen molar-refractivity contribution >= 4 is 39.1 Å². The van der Waals surface area contributed by atoms with E-state index in [4.69, 9.17) is 0 Å². The number of hydrogen-bond donors (Lipinski definition) is 2. The largest absolute Gasteiger partial charge is 0.433 e. The molecule has 0 aliphatic rings. The van der Waals surface area contributed by atoms with Gasteiger partial charge in [0.05, 0.1) is 10.2 Å². The van der Waals surface area contributed by atoms with Gasteiger partial charge in [-0.15, -0.1) is 0 Å². The molecule has 3 heterocycles. The molecule has 0 spiro atoms. The molecule has 0 unspecified atom stereocenters. The highest BCUT2D eigenvalue weighted by Crippen LogP contribution is 2.32. The summed E-state index contributed by atoms with van der Waals surface area (Å²) in [4.78, 5) is 28.5. The first-order chi connectivity index (χ1) is 13.0. The minimum absolute atomic E-state index is 0.00965. The summed E-state index contributed by atoms with van der Waals surface area (Å²) >= 11 is 3.09. The Balaban J connectivity index is 2.07. The molecule has 2 N–H and O–H groups in total. The van der Waals surface area contributed by atoms with Crippen LogP contribution in [0.3, 0.4) is 0 Å². The van der Waals surface area contributed by atoms with Crippen LogP contribution in [0.2, 0.25) is 0 Å². The van der Waals surface area contributed by atoms with Gasteiger partial charge in [0.15, 0.2) is 17.0 Å².